The number of amides is 1. The van der Waals surface area contributed by atoms with Gasteiger partial charge in [-0.25, -0.2) is 0 Å². The van der Waals surface area contributed by atoms with Crippen LogP contribution in [0.4, 0.5) is 27.6 Å². The van der Waals surface area contributed by atoms with Gasteiger partial charge in [-0.3, -0.25) is 9.69 Å². The van der Waals surface area contributed by atoms with Crippen molar-refractivity contribution < 1.29 is 31.5 Å². The summed E-state index contributed by atoms with van der Waals surface area (Å²) >= 11 is 0. The Bertz CT molecular complexity index is 827. The number of nitrogens with zero attached hydrogens (tertiary/aromatic N) is 1. The molecule has 1 N–H and O–H groups in total. The fraction of sp³-hybridized carbons (Fsp3) is 0.350. The quantitative estimate of drug-likeness (QED) is 0.698. The number of hydrogen-bond acceptors (Lipinski definition) is 3. The van der Waals surface area contributed by atoms with Crippen molar-refractivity contribution >= 4 is 11.6 Å². The first kappa shape index (κ1) is 21.0. The van der Waals surface area contributed by atoms with E-state index >= 15 is 0 Å². The summed E-state index contributed by atoms with van der Waals surface area (Å²) in [6.45, 7) is -3.03. The molecule has 1 atom stereocenters. The zero-order valence-electron chi connectivity index (χ0n) is 15.3. The minimum atomic E-state index is -4.73. The lowest BCUT2D eigenvalue weighted by Crippen LogP contribution is -2.49. The Labute approximate surface area is 164 Å². The van der Waals surface area contributed by atoms with E-state index < -0.39 is 30.7 Å². The minimum absolute atomic E-state index is 0.0711. The average Bonchev–Trinajstić information content (AvgIpc) is 3.09. The Morgan fingerprint density at radius 1 is 1.10 bits per heavy atom. The van der Waals surface area contributed by atoms with E-state index in [9.17, 15) is 26.7 Å². The average molecular weight is 414 g/mol. The maximum absolute atomic E-state index is 13.9. The zero-order chi connectivity index (χ0) is 21.1. The van der Waals surface area contributed by atoms with E-state index in [1.807, 2.05) is 18.2 Å². The van der Waals surface area contributed by atoms with Crippen molar-refractivity contribution in [3.63, 3.8) is 0 Å². The van der Waals surface area contributed by atoms with E-state index in [-0.39, 0.29) is 24.4 Å². The highest BCUT2D eigenvalue weighted by Gasteiger charge is 2.62. The molecule has 156 valence electrons. The molecule has 3 rings (SSSR count). The number of anilines is 1. The summed E-state index contributed by atoms with van der Waals surface area (Å²) < 4.78 is 70.3. The van der Waals surface area contributed by atoms with Gasteiger partial charge < -0.3 is 10.1 Å². The van der Waals surface area contributed by atoms with Gasteiger partial charge in [-0.2, -0.15) is 22.0 Å². The molecule has 1 aliphatic heterocycles. The van der Waals surface area contributed by atoms with Crippen LogP contribution in [-0.2, 0) is 11.3 Å². The van der Waals surface area contributed by atoms with E-state index in [0.717, 1.165) is 17.7 Å². The maximum Gasteiger partial charge on any atom is 0.404 e. The van der Waals surface area contributed by atoms with Gasteiger partial charge in [0.05, 0.1) is 0 Å². The summed E-state index contributed by atoms with van der Waals surface area (Å²) in [5.74, 6) is -1.32. The van der Waals surface area contributed by atoms with E-state index in [1.54, 1.807) is 17.0 Å². The van der Waals surface area contributed by atoms with Gasteiger partial charge >= 0.3 is 12.8 Å². The Hall–Kier alpha value is -2.68. The van der Waals surface area contributed by atoms with Crippen molar-refractivity contribution in [1.82, 2.24) is 4.90 Å². The van der Waals surface area contributed by atoms with E-state index in [4.69, 9.17) is 0 Å². The predicted octanol–water partition coefficient (Wildman–Crippen LogP) is 4.68. The van der Waals surface area contributed by atoms with Crippen LogP contribution in [0.25, 0.3) is 0 Å². The lowest BCUT2D eigenvalue weighted by molar-refractivity contribution is -0.215. The van der Waals surface area contributed by atoms with Crippen LogP contribution in [0.2, 0.25) is 0 Å². The molecule has 0 bridgehead atoms. The van der Waals surface area contributed by atoms with Gasteiger partial charge in [0.1, 0.15) is 5.75 Å². The Morgan fingerprint density at radius 3 is 2.34 bits per heavy atom. The maximum atomic E-state index is 13.9. The van der Waals surface area contributed by atoms with Crippen LogP contribution in [0.5, 0.6) is 5.75 Å². The first-order valence-corrected chi connectivity index (χ1v) is 8.89. The standard InChI is InChI=1S/C20H19F5N2O2/c21-18(22)29-16-8-6-15(7-9-16)26-17(28)19(20(23,24)25)10-11-27(13-19)12-14-4-2-1-3-5-14/h1-9,18H,10-13H2,(H,26,28). The lowest BCUT2D eigenvalue weighted by atomic mass is 9.85. The summed E-state index contributed by atoms with van der Waals surface area (Å²) in [6.07, 6.45) is -5.09. The monoisotopic (exact) mass is 414 g/mol. The van der Waals surface area contributed by atoms with Crippen LogP contribution in [0.15, 0.2) is 54.6 Å². The second-order valence-electron chi connectivity index (χ2n) is 6.88. The van der Waals surface area contributed by atoms with Gasteiger partial charge in [0.25, 0.3) is 0 Å². The summed E-state index contributed by atoms with van der Waals surface area (Å²) in [7, 11) is 0. The molecule has 0 aliphatic carbocycles. The molecule has 0 spiro atoms. The number of ether oxygens (including phenoxy) is 1. The second-order valence-corrected chi connectivity index (χ2v) is 6.88. The Kier molecular flexibility index (Phi) is 6.07. The van der Waals surface area contributed by atoms with Crippen LogP contribution in [0.1, 0.15) is 12.0 Å². The van der Waals surface area contributed by atoms with Crippen LogP contribution in [0, 0.1) is 5.41 Å². The number of carbonyl (C=O) groups excluding carboxylic acids is 1. The van der Waals surface area contributed by atoms with Crippen molar-refractivity contribution in [1.29, 1.82) is 0 Å². The fourth-order valence-corrected chi connectivity index (χ4v) is 3.38. The smallest absolute Gasteiger partial charge is 0.404 e. The molecular weight excluding hydrogens is 395 g/mol. The third-order valence-corrected chi connectivity index (χ3v) is 4.91. The largest absolute Gasteiger partial charge is 0.435 e. The zero-order valence-corrected chi connectivity index (χ0v) is 15.3. The highest BCUT2D eigenvalue weighted by atomic mass is 19.4. The third-order valence-electron chi connectivity index (χ3n) is 4.91. The normalized spacial score (nSPS) is 20.1. The summed E-state index contributed by atoms with van der Waals surface area (Å²) in [4.78, 5) is 14.2. The van der Waals surface area contributed by atoms with Crippen LogP contribution in [-0.4, -0.2) is 36.7 Å². The minimum Gasteiger partial charge on any atom is -0.435 e. The molecule has 1 fully saturated rings. The molecule has 29 heavy (non-hydrogen) atoms. The first-order chi connectivity index (χ1) is 13.7. The summed E-state index contributed by atoms with van der Waals surface area (Å²) in [5, 5.41) is 2.27. The van der Waals surface area contributed by atoms with E-state index in [2.05, 4.69) is 10.1 Å². The Balaban J connectivity index is 1.72. The molecule has 0 radical (unpaired) electrons. The number of halogens is 5. The number of carbonyl (C=O) groups is 1. The van der Waals surface area contributed by atoms with Crippen molar-refractivity contribution in [2.24, 2.45) is 5.41 Å². The van der Waals surface area contributed by atoms with Gasteiger partial charge in [0, 0.05) is 18.8 Å². The molecule has 1 heterocycles. The molecule has 9 heteroatoms. The molecule has 2 aromatic rings. The number of nitrogens with one attached hydrogen (secondary N) is 1. The van der Waals surface area contributed by atoms with Crippen LogP contribution in [0.3, 0.4) is 0 Å². The SMILES string of the molecule is O=C(Nc1ccc(OC(F)F)cc1)C1(C(F)(F)F)CCN(Cc2ccccc2)C1. The number of rotatable bonds is 6. The van der Waals surface area contributed by atoms with Gasteiger partial charge in [0.2, 0.25) is 5.91 Å². The molecule has 1 saturated heterocycles. The molecule has 1 aliphatic rings. The highest BCUT2D eigenvalue weighted by molar-refractivity contribution is 5.96. The molecule has 1 unspecified atom stereocenters. The van der Waals surface area contributed by atoms with Gasteiger partial charge in [-0.05, 0) is 42.8 Å². The Morgan fingerprint density at radius 2 is 1.76 bits per heavy atom. The van der Waals surface area contributed by atoms with Crippen molar-refractivity contribution in [2.45, 2.75) is 25.8 Å². The van der Waals surface area contributed by atoms with Crippen LogP contribution >= 0.6 is 0 Å². The highest BCUT2D eigenvalue weighted by Crippen LogP contribution is 2.46. The molecule has 0 aromatic heterocycles. The van der Waals surface area contributed by atoms with Gasteiger partial charge in [0.15, 0.2) is 5.41 Å². The third kappa shape index (κ3) is 4.84. The molecular formula is C20H19F5N2O2. The summed E-state index contributed by atoms with van der Waals surface area (Å²) in [6, 6.07) is 13.8. The topological polar surface area (TPSA) is 41.6 Å². The van der Waals surface area contributed by atoms with Crippen molar-refractivity contribution in [2.75, 3.05) is 18.4 Å². The van der Waals surface area contributed by atoms with Crippen molar-refractivity contribution in [3.05, 3.63) is 60.2 Å². The number of alkyl halides is 5. The van der Waals surface area contributed by atoms with E-state index in [1.165, 1.54) is 12.1 Å². The number of hydrogen-bond donors (Lipinski definition) is 1. The van der Waals surface area contributed by atoms with E-state index in [0.29, 0.717) is 6.54 Å². The molecule has 0 saturated carbocycles. The molecule has 2 aromatic carbocycles. The number of likely N-dealkylation sites (tertiary alicyclic amines) is 1. The van der Waals surface area contributed by atoms with Gasteiger partial charge in [-0.1, -0.05) is 30.3 Å². The molecule has 4 nitrogen and oxygen atoms in total. The van der Waals surface area contributed by atoms with Crippen LogP contribution < -0.4 is 10.1 Å². The number of benzene rings is 2. The lowest BCUT2D eigenvalue weighted by Gasteiger charge is -2.30. The fourth-order valence-electron chi connectivity index (χ4n) is 3.38. The van der Waals surface area contributed by atoms with Crippen molar-refractivity contribution in [3.8, 4) is 5.75 Å². The second kappa shape index (κ2) is 8.36. The molecule has 1 amide bonds. The predicted molar refractivity (Wildman–Crippen MR) is 96.5 cm³/mol. The van der Waals surface area contributed by atoms with Gasteiger partial charge in [-0.15, -0.1) is 0 Å². The first-order valence-electron chi connectivity index (χ1n) is 8.89. The summed E-state index contributed by atoms with van der Waals surface area (Å²) in [5.41, 5.74) is -1.61.